The molecule has 5 nitrogen and oxygen atoms in total. The molecule has 0 aliphatic carbocycles. The van der Waals surface area contributed by atoms with Crippen LogP contribution in [0.25, 0.3) is 0 Å². The minimum Gasteiger partial charge on any atom is -0.352 e. The van der Waals surface area contributed by atoms with Crippen LogP contribution in [-0.4, -0.2) is 16.8 Å². The number of benzene rings is 2. The average molecular weight is 357 g/mol. The van der Waals surface area contributed by atoms with Gasteiger partial charge in [-0.3, -0.25) is 19.5 Å². The fourth-order valence-electron chi connectivity index (χ4n) is 3.38. The normalized spacial score (nSPS) is 15.5. The molecule has 3 aromatic rings. The smallest absolute Gasteiger partial charge is 0.260 e. The summed E-state index contributed by atoms with van der Waals surface area (Å²) in [5.41, 5.74) is 3.01. The van der Waals surface area contributed by atoms with E-state index in [4.69, 9.17) is 0 Å². The maximum absolute atomic E-state index is 12.9. The number of rotatable bonds is 5. The Hall–Kier alpha value is -3.47. The molecule has 0 saturated carbocycles. The Labute approximate surface area is 157 Å². The van der Waals surface area contributed by atoms with Crippen molar-refractivity contribution >= 4 is 17.5 Å². The van der Waals surface area contributed by atoms with Crippen molar-refractivity contribution in [3.8, 4) is 0 Å². The summed E-state index contributed by atoms with van der Waals surface area (Å²) in [6, 6.07) is 22.3. The van der Waals surface area contributed by atoms with Gasteiger partial charge in [0, 0.05) is 18.4 Å². The first-order valence-corrected chi connectivity index (χ1v) is 8.88. The van der Waals surface area contributed by atoms with Crippen LogP contribution >= 0.6 is 0 Å². The monoisotopic (exact) mass is 357 g/mol. The molecule has 4 rings (SSSR count). The largest absolute Gasteiger partial charge is 0.352 e. The molecule has 0 bridgehead atoms. The van der Waals surface area contributed by atoms with E-state index < -0.39 is 6.04 Å². The predicted octanol–water partition coefficient (Wildman–Crippen LogP) is 3.49. The summed E-state index contributed by atoms with van der Waals surface area (Å²) < 4.78 is 0. The van der Waals surface area contributed by atoms with Crippen molar-refractivity contribution in [2.75, 3.05) is 4.90 Å². The van der Waals surface area contributed by atoms with Gasteiger partial charge in [-0.25, -0.2) is 0 Å². The molecule has 1 N–H and O–H groups in total. The molecule has 0 radical (unpaired) electrons. The van der Waals surface area contributed by atoms with Gasteiger partial charge in [0.25, 0.3) is 5.91 Å². The van der Waals surface area contributed by atoms with Crippen LogP contribution in [0.4, 0.5) is 5.69 Å². The predicted molar refractivity (Wildman–Crippen MR) is 103 cm³/mol. The standard InChI is InChI=1S/C22H19N3O2/c26-20(24-15-16-8-3-1-4-9-16)14-19-21-18(12-7-13-23-21)22(27)25(19)17-10-5-2-6-11-17/h1-13,19H,14-15H2,(H,24,26)/t19-/m1/s1. The van der Waals surface area contributed by atoms with Crippen molar-refractivity contribution in [2.24, 2.45) is 0 Å². The van der Waals surface area contributed by atoms with E-state index in [0.717, 1.165) is 11.3 Å². The van der Waals surface area contributed by atoms with Gasteiger partial charge < -0.3 is 5.32 Å². The lowest BCUT2D eigenvalue weighted by molar-refractivity contribution is -0.121. The average Bonchev–Trinajstić information content (AvgIpc) is 3.00. The fourth-order valence-corrected chi connectivity index (χ4v) is 3.38. The molecule has 27 heavy (non-hydrogen) atoms. The first-order chi connectivity index (χ1) is 13.2. The number of hydrogen-bond acceptors (Lipinski definition) is 3. The van der Waals surface area contributed by atoms with Crippen molar-refractivity contribution in [2.45, 2.75) is 19.0 Å². The zero-order chi connectivity index (χ0) is 18.6. The first kappa shape index (κ1) is 17.0. The molecular weight excluding hydrogens is 338 g/mol. The number of fused-ring (bicyclic) bond motifs is 1. The molecule has 134 valence electrons. The molecule has 0 spiro atoms. The highest BCUT2D eigenvalue weighted by atomic mass is 16.2. The topological polar surface area (TPSA) is 62.3 Å². The van der Waals surface area contributed by atoms with E-state index in [2.05, 4.69) is 10.3 Å². The third-order valence-electron chi connectivity index (χ3n) is 4.66. The maximum atomic E-state index is 12.9. The van der Waals surface area contributed by atoms with Gasteiger partial charge in [0.05, 0.1) is 23.7 Å². The number of hydrogen-bond donors (Lipinski definition) is 1. The number of nitrogens with one attached hydrogen (secondary N) is 1. The van der Waals surface area contributed by atoms with Crippen LogP contribution < -0.4 is 10.2 Å². The molecule has 0 unspecified atom stereocenters. The van der Waals surface area contributed by atoms with Gasteiger partial charge in [-0.2, -0.15) is 0 Å². The van der Waals surface area contributed by atoms with Gasteiger partial charge in [-0.1, -0.05) is 48.5 Å². The third-order valence-corrected chi connectivity index (χ3v) is 4.66. The van der Waals surface area contributed by atoms with Crippen molar-refractivity contribution < 1.29 is 9.59 Å². The van der Waals surface area contributed by atoms with Gasteiger partial charge in [0.15, 0.2) is 0 Å². The molecule has 1 aliphatic rings. The summed E-state index contributed by atoms with van der Waals surface area (Å²) in [7, 11) is 0. The van der Waals surface area contributed by atoms with Crippen LogP contribution in [0.5, 0.6) is 0 Å². The van der Waals surface area contributed by atoms with E-state index >= 15 is 0 Å². The zero-order valence-electron chi connectivity index (χ0n) is 14.7. The Morgan fingerprint density at radius 2 is 1.67 bits per heavy atom. The second-order valence-corrected chi connectivity index (χ2v) is 6.43. The molecule has 0 saturated heterocycles. The fraction of sp³-hybridized carbons (Fsp3) is 0.136. The minimum atomic E-state index is -0.410. The Morgan fingerprint density at radius 3 is 2.41 bits per heavy atom. The Morgan fingerprint density at radius 1 is 0.963 bits per heavy atom. The van der Waals surface area contributed by atoms with Crippen LogP contribution in [0.15, 0.2) is 79.0 Å². The number of amides is 2. The lowest BCUT2D eigenvalue weighted by Crippen LogP contribution is -2.32. The Kier molecular flexibility index (Phi) is 4.66. The van der Waals surface area contributed by atoms with Crippen molar-refractivity contribution in [1.29, 1.82) is 0 Å². The van der Waals surface area contributed by atoms with E-state index in [1.807, 2.05) is 60.7 Å². The van der Waals surface area contributed by atoms with Crippen molar-refractivity contribution in [1.82, 2.24) is 10.3 Å². The molecule has 5 heteroatoms. The van der Waals surface area contributed by atoms with Crippen molar-refractivity contribution in [3.63, 3.8) is 0 Å². The first-order valence-electron chi connectivity index (χ1n) is 8.88. The number of para-hydroxylation sites is 1. The lowest BCUT2D eigenvalue weighted by atomic mass is 10.1. The van der Waals surface area contributed by atoms with Gasteiger partial charge in [0.2, 0.25) is 5.91 Å². The van der Waals surface area contributed by atoms with E-state index in [9.17, 15) is 9.59 Å². The molecule has 2 heterocycles. The minimum absolute atomic E-state index is 0.115. The summed E-state index contributed by atoms with van der Waals surface area (Å²) in [6.07, 6.45) is 1.83. The summed E-state index contributed by atoms with van der Waals surface area (Å²) >= 11 is 0. The summed E-state index contributed by atoms with van der Waals surface area (Å²) in [4.78, 5) is 31.6. The van der Waals surface area contributed by atoms with Crippen LogP contribution in [-0.2, 0) is 11.3 Å². The molecule has 2 amide bonds. The SMILES string of the molecule is O=C(C[C@@H]1c2ncccc2C(=O)N1c1ccccc1)NCc1ccccc1. The van der Waals surface area contributed by atoms with Crippen LogP contribution in [0.2, 0.25) is 0 Å². The second kappa shape index (κ2) is 7.41. The number of carbonyl (C=O) groups is 2. The highest BCUT2D eigenvalue weighted by Gasteiger charge is 2.39. The molecule has 1 atom stereocenters. The number of carbonyl (C=O) groups excluding carboxylic acids is 2. The van der Waals surface area contributed by atoms with E-state index in [1.165, 1.54) is 0 Å². The second-order valence-electron chi connectivity index (χ2n) is 6.43. The lowest BCUT2D eigenvalue weighted by Gasteiger charge is -2.24. The summed E-state index contributed by atoms with van der Waals surface area (Å²) in [5, 5.41) is 2.94. The van der Waals surface area contributed by atoms with Crippen LogP contribution in [0.3, 0.4) is 0 Å². The number of pyridine rings is 1. The van der Waals surface area contributed by atoms with Crippen LogP contribution in [0, 0.1) is 0 Å². The number of nitrogens with zero attached hydrogens (tertiary/aromatic N) is 2. The van der Waals surface area contributed by atoms with Gasteiger partial charge in [-0.15, -0.1) is 0 Å². The molecule has 2 aromatic carbocycles. The molecule has 0 fully saturated rings. The molecule has 1 aliphatic heterocycles. The summed E-state index contributed by atoms with van der Waals surface area (Å²) in [6.45, 7) is 0.459. The van der Waals surface area contributed by atoms with E-state index in [-0.39, 0.29) is 18.2 Å². The number of anilines is 1. The Balaban J connectivity index is 1.56. The van der Waals surface area contributed by atoms with Gasteiger partial charge >= 0.3 is 0 Å². The van der Waals surface area contributed by atoms with E-state index in [0.29, 0.717) is 17.8 Å². The zero-order valence-corrected chi connectivity index (χ0v) is 14.7. The van der Waals surface area contributed by atoms with Gasteiger partial charge in [-0.05, 0) is 29.8 Å². The Bertz CT molecular complexity index is 958. The van der Waals surface area contributed by atoms with Crippen LogP contribution in [0.1, 0.15) is 34.1 Å². The maximum Gasteiger partial charge on any atom is 0.260 e. The summed E-state index contributed by atoms with van der Waals surface area (Å²) in [5.74, 6) is -0.235. The quantitative estimate of drug-likeness (QED) is 0.760. The van der Waals surface area contributed by atoms with Gasteiger partial charge in [0.1, 0.15) is 0 Å². The highest BCUT2D eigenvalue weighted by Crippen LogP contribution is 2.38. The molecular formula is C22H19N3O2. The van der Waals surface area contributed by atoms with E-state index in [1.54, 1.807) is 23.2 Å². The molecule has 1 aromatic heterocycles. The highest BCUT2D eigenvalue weighted by molar-refractivity contribution is 6.11. The van der Waals surface area contributed by atoms with Crippen molar-refractivity contribution in [3.05, 3.63) is 95.8 Å². The number of aromatic nitrogens is 1. The third kappa shape index (κ3) is 3.44.